The van der Waals surface area contributed by atoms with E-state index in [0.717, 1.165) is 23.0 Å². The minimum absolute atomic E-state index is 0.0674. The minimum atomic E-state index is -0.406. The van der Waals surface area contributed by atoms with Gasteiger partial charge in [-0.25, -0.2) is 0 Å². The number of nitrogens with one attached hydrogen (secondary N) is 1. The highest BCUT2D eigenvalue weighted by molar-refractivity contribution is 9.10. The average molecular weight is 393 g/mol. The third kappa shape index (κ3) is 4.00. The van der Waals surface area contributed by atoms with E-state index in [1.165, 1.54) is 0 Å². The summed E-state index contributed by atoms with van der Waals surface area (Å²) in [5.74, 6) is 0.0136. The summed E-state index contributed by atoms with van der Waals surface area (Å²) in [6.07, 6.45) is 2.25. The highest BCUT2D eigenvalue weighted by Gasteiger charge is 2.20. The van der Waals surface area contributed by atoms with Crippen LogP contribution in [-0.4, -0.2) is 46.5 Å². The van der Waals surface area contributed by atoms with E-state index in [2.05, 4.69) is 31.4 Å². The van der Waals surface area contributed by atoms with E-state index in [-0.39, 0.29) is 11.8 Å². The van der Waals surface area contributed by atoms with Crippen LogP contribution in [0.2, 0.25) is 0 Å². The first kappa shape index (κ1) is 16.6. The molecule has 1 aliphatic heterocycles. The number of carbonyl (C=O) groups is 2. The van der Waals surface area contributed by atoms with Gasteiger partial charge < -0.3 is 14.6 Å². The van der Waals surface area contributed by atoms with Crippen molar-refractivity contribution >= 4 is 27.7 Å². The van der Waals surface area contributed by atoms with E-state index < -0.39 is 5.91 Å². The molecule has 0 saturated carbocycles. The normalized spacial score (nSPS) is 14.2. The van der Waals surface area contributed by atoms with Gasteiger partial charge in [-0.15, -0.1) is 10.2 Å². The lowest BCUT2D eigenvalue weighted by atomic mass is 10.2. The van der Waals surface area contributed by atoms with Crippen LogP contribution in [0.4, 0.5) is 0 Å². The highest BCUT2D eigenvalue weighted by atomic mass is 79.9. The zero-order chi connectivity index (χ0) is 16.9. The van der Waals surface area contributed by atoms with Crippen molar-refractivity contribution in [3.63, 3.8) is 0 Å². The van der Waals surface area contributed by atoms with Gasteiger partial charge in [0.05, 0.1) is 0 Å². The molecule has 1 N–H and O–H groups in total. The van der Waals surface area contributed by atoms with Crippen LogP contribution in [-0.2, 0) is 4.79 Å². The fourth-order valence-corrected chi connectivity index (χ4v) is 2.94. The second kappa shape index (κ2) is 7.57. The summed E-state index contributed by atoms with van der Waals surface area (Å²) in [4.78, 5) is 25.3. The van der Waals surface area contributed by atoms with Crippen LogP contribution in [0, 0.1) is 0 Å². The van der Waals surface area contributed by atoms with Crippen LogP contribution < -0.4 is 5.32 Å². The Morgan fingerprint density at radius 3 is 3.00 bits per heavy atom. The third-order valence-corrected chi connectivity index (χ3v) is 4.25. The second-order valence-corrected chi connectivity index (χ2v) is 6.43. The molecule has 0 unspecified atom stereocenters. The molecule has 8 heteroatoms. The van der Waals surface area contributed by atoms with E-state index in [4.69, 9.17) is 4.42 Å². The predicted octanol–water partition coefficient (Wildman–Crippen LogP) is 2.24. The van der Waals surface area contributed by atoms with Gasteiger partial charge in [0.2, 0.25) is 11.8 Å². The SMILES string of the molecule is O=C(NCCCN1CCCC1=O)c1nnc(-c2cccc(Br)c2)o1. The Bertz CT molecular complexity index is 746. The Morgan fingerprint density at radius 1 is 1.38 bits per heavy atom. The van der Waals surface area contributed by atoms with Crippen molar-refractivity contribution in [2.45, 2.75) is 19.3 Å². The molecule has 1 aromatic carbocycles. The molecule has 0 aliphatic carbocycles. The summed E-state index contributed by atoms with van der Waals surface area (Å²) >= 11 is 3.37. The second-order valence-electron chi connectivity index (χ2n) is 5.52. The molecule has 1 aliphatic rings. The van der Waals surface area contributed by atoms with Crippen LogP contribution in [0.1, 0.15) is 29.9 Å². The lowest BCUT2D eigenvalue weighted by Gasteiger charge is -2.14. The number of nitrogens with zero attached hydrogens (tertiary/aromatic N) is 3. The number of hydrogen-bond donors (Lipinski definition) is 1. The largest absolute Gasteiger partial charge is 0.412 e. The molecule has 3 rings (SSSR count). The fourth-order valence-electron chi connectivity index (χ4n) is 2.54. The van der Waals surface area contributed by atoms with Gasteiger partial charge in [-0.2, -0.15) is 0 Å². The van der Waals surface area contributed by atoms with Gasteiger partial charge >= 0.3 is 11.8 Å². The molecule has 0 atom stereocenters. The average Bonchev–Trinajstić information content (AvgIpc) is 3.21. The number of aromatic nitrogens is 2. The van der Waals surface area contributed by atoms with E-state index >= 15 is 0 Å². The molecule has 0 radical (unpaired) electrons. The molecule has 0 bridgehead atoms. The van der Waals surface area contributed by atoms with Crippen LogP contribution >= 0.6 is 15.9 Å². The van der Waals surface area contributed by atoms with Gasteiger partial charge in [0.1, 0.15) is 0 Å². The number of amides is 2. The van der Waals surface area contributed by atoms with Crippen LogP contribution in [0.15, 0.2) is 33.2 Å². The summed E-state index contributed by atoms with van der Waals surface area (Å²) in [5.41, 5.74) is 0.739. The van der Waals surface area contributed by atoms with Gasteiger partial charge in [0.15, 0.2) is 0 Å². The highest BCUT2D eigenvalue weighted by Crippen LogP contribution is 2.21. The number of benzene rings is 1. The Labute approximate surface area is 147 Å². The standard InChI is InChI=1S/C16H17BrN4O3/c17-12-5-1-4-11(10-12)15-19-20-16(24-15)14(23)18-7-3-9-21-8-2-6-13(21)22/h1,4-5,10H,2-3,6-9H2,(H,18,23). The Balaban J connectivity index is 1.50. The molecular formula is C16H17BrN4O3. The molecule has 2 heterocycles. The van der Waals surface area contributed by atoms with Crippen molar-refractivity contribution < 1.29 is 14.0 Å². The fraction of sp³-hybridized carbons (Fsp3) is 0.375. The molecule has 2 amide bonds. The molecule has 1 aromatic heterocycles. The summed E-state index contributed by atoms with van der Waals surface area (Å²) in [5, 5.41) is 10.4. The van der Waals surface area contributed by atoms with Crippen molar-refractivity contribution in [3.8, 4) is 11.5 Å². The first-order valence-electron chi connectivity index (χ1n) is 7.79. The molecule has 0 spiro atoms. The third-order valence-electron chi connectivity index (χ3n) is 3.75. The van der Waals surface area contributed by atoms with E-state index in [0.29, 0.717) is 31.8 Å². The number of likely N-dealkylation sites (tertiary alicyclic amines) is 1. The van der Waals surface area contributed by atoms with Gasteiger partial charge in [0.25, 0.3) is 0 Å². The Hall–Kier alpha value is -2.22. The summed E-state index contributed by atoms with van der Waals surface area (Å²) in [6.45, 7) is 1.93. The first-order chi connectivity index (χ1) is 11.6. The number of halogens is 1. The summed E-state index contributed by atoms with van der Waals surface area (Å²) < 4.78 is 6.30. The number of rotatable bonds is 6. The topological polar surface area (TPSA) is 88.3 Å². The smallest absolute Gasteiger partial charge is 0.308 e. The van der Waals surface area contributed by atoms with Crippen molar-refractivity contribution in [1.29, 1.82) is 0 Å². The van der Waals surface area contributed by atoms with Crippen molar-refractivity contribution in [2.75, 3.05) is 19.6 Å². The molecule has 7 nitrogen and oxygen atoms in total. The van der Waals surface area contributed by atoms with Crippen LogP contribution in [0.3, 0.4) is 0 Å². The van der Waals surface area contributed by atoms with Crippen molar-refractivity contribution in [3.05, 3.63) is 34.6 Å². The van der Waals surface area contributed by atoms with Crippen molar-refractivity contribution in [2.24, 2.45) is 0 Å². The Morgan fingerprint density at radius 2 is 2.25 bits per heavy atom. The molecule has 2 aromatic rings. The summed E-state index contributed by atoms with van der Waals surface area (Å²) in [7, 11) is 0. The molecular weight excluding hydrogens is 376 g/mol. The molecule has 24 heavy (non-hydrogen) atoms. The van der Waals surface area contributed by atoms with E-state index in [9.17, 15) is 9.59 Å². The van der Waals surface area contributed by atoms with E-state index in [1.807, 2.05) is 29.2 Å². The monoisotopic (exact) mass is 392 g/mol. The zero-order valence-corrected chi connectivity index (χ0v) is 14.6. The summed E-state index contributed by atoms with van der Waals surface area (Å²) in [6, 6.07) is 7.40. The van der Waals surface area contributed by atoms with Gasteiger partial charge in [0, 0.05) is 36.1 Å². The van der Waals surface area contributed by atoms with Crippen LogP contribution in [0.5, 0.6) is 0 Å². The number of hydrogen-bond acceptors (Lipinski definition) is 5. The maximum atomic E-state index is 12.0. The lowest BCUT2D eigenvalue weighted by Crippen LogP contribution is -2.30. The molecule has 1 saturated heterocycles. The zero-order valence-electron chi connectivity index (χ0n) is 13.0. The maximum Gasteiger partial charge on any atom is 0.308 e. The van der Waals surface area contributed by atoms with Gasteiger partial charge in [-0.05, 0) is 31.0 Å². The van der Waals surface area contributed by atoms with Gasteiger partial charge in [-0.3, -0.25) is 9.59 Å². The number of carbonyl (C=O) groups excluding carboxylic acids is 2. The molecule has 126 valence electrons. The van der Waals surface area contributed by atoms with E-state index in [1.54, 1.807) is 0 Å². The minimum Gasteiger partial charge on any atom is -0.412 e. The lowest BCUT2D eigenvalue weighted by molar-refractivity contribution is -0.127. The Kier molecular flexibility index (Phi) is 5.24. The quantitative estimate of drug-likeness (QED) is 0.761. The predicted molar refractivity (Wildman–Crippen MR) is 90.2 cm³/mol. The maximum absolute atomic E-state index is 12.0. The van der Waals surface area contributed by atoms with Crippen molar-refractivity contribution in [1.82, 2.24) is 20.4 Å². The molecule has 1 fully saturated rings. The van der Waals surface area contributed by atoms with Crippen LogP contribution in [0.25, 0.3) is 11.5 Å². The van der Waals surface area contributed by atoms with Gasteiger partial charge in [-0.1, -0.05) is 22.0 Å². The first-order valence-corrected chi connectivity index (χ1v) is 8.58.